The number of thiophene rings is 1. The minimum atomic E-state index is -0.350. The van der Waals surface area contributed by atoms with Crippen molar-refractivity contribution < 1.29 is 9.59 Å². The summed E-state index contributed by atoms with van der Waals surface area (Å²) in [5.41, 5.74) is 1.51. The molecule has 2 amide bonds. The van der Waals surface area contributed by atoms with Crippen LogP contribution in [0.4, 0.5) is 0 Å². The van der Waals surface area contributed by atoms with Crippen LogP contribution in [0.25, 0.3) is 21.5 Å². The Hall–Kier alpha value is -2.44. The molecule has 3 rings (SSSR count). The molecule has 0 saturated carbocycles. The van der Waals surface area contributed by atoms with E-state index in [9.17, 15) is 9.59 Å². The Morgan fingerprint density at radius 2 is 1.89 bits per heavy atom. The molecule has 2 heterocycles. The molecule has 140 valence electrons. The molecule has 7 heteroatoms. The van der Waals surface area contributed by atoms with Crippen molar-refractivity contribution >= 4 is 45.7 Å². The van der Waals surface area contributed by atoms with E-state index in [1.165, 1.54) is 11.3 Å². The van der Waals surface area contributed by atoms with E-state index in [0.29, 0.717) is 21.1 Å². The molecule has 1 aromatic carbocycles. The van der Waals surface area contributed by atoms with Gasteiger partial charge < -0.3 is 10.6 Å². The van der Waals surface area contributed by atoms with Crippen molar-refractivity contribution in [2.24, 2.45) is 0 Å². The quantitative estimate of drug-likeness (QED) is 0.686. The topological polar surface area (TPSA) is 71.1 Å². The van der Waals surface area contributed by atoms with Crippen LogP contribution in [0.3, 0.4) is 0 Å². The highest BCUT2D eigenvalue weighted by molar-refractivity contribution is 7.19. The van der Waals surface area contributed by atoms with Crippen LogP contribution in [0.2, 0.25) is 4.34 Å². The van der Waals surface area contributed by atoms with E-state index in [-0.39, 0.29) is 23.9 Å². The number of halogens is 1. The molecular weight excluding hydrogens is 382 g/mol. The summed E-state index contributed by atoms with van der Waals surface area (Å²) in [6, 6.07) is 12.8. The first kappa shape index (κ1) is 19.3. The number of para-hydroxylation sites is 1. The Morgan fingerprint density at radius 3 is 2.56 bits per heavy atom. The van der Waals surface area contributed by atoms with Crippen LogP contribution >= 0.6 is 22.9 Å². The summed E-state index contributed by atoms with van der Waals surface area (Å²) in [6.07, 6.45) is 0. The lowest BCUT2D eigenvalue weighted by Gasteiger charge is -2.20. The zero-order chi connectivity index (χ0) is 19.6. The summed E-state index contributed by atoms with van der Waals surface area (Å²) in [5, 5.41) is 6.25. The van der Waals surface area contributed by atoms with Gasteiger partial charge in [-0.25, -0.2) is 4.98 Å². The maximum Gasteiger partial charge on any atom is 0.252 e. The van der Waals surface area contributed by atoms with Crippen molar-refractivity contribution in [2.45, 2.75) is 26.3 Å². The highest BCUT2D eigenvalue weighted by atomic mass is 35.5. The number of nitrogens with one attached hydrogen (secondary N) is 2. The van der Waals surface area contributed by atoms with Gasteiger partial charge in [-0.15, -0.1) is 11.3 Å². The smallest absolute Gasteiger partial charge is 0.252 e. The molecule has 0 spiro atoms. The van der Waals surface area contributed by atoms with Crippen LogP contribution in [-0.4, -0.2) is 28.9 Å². The number of carbonyl (C=O) groups is 2. The Kier molecular flexibility index (Phi) is 5.48. The number of pyridine rings is 1. The molecule has 2 aromatic heterocycles. The van der Waals surface area contributed by atoms with E-state index in [1.54, 1.807) is 12.1 Å². The van der Waals surface area contributed by atoms with Gasteiger partial charge in [-0.3, -0.25) is 9.59 Å². The minimum Gasteiger partial charge on any atom is -0.350 e. The van der Waals surface area contributed by atoms with Crippen LogP contribution in [0.1, 0.15) is 31.1 Å². The lowest BCUT2D eigenvalue weighted by Crippen LogP contribution is -2.45. The second-order valence-electron chi connectivity index (χ2n) is 7.16. The Bertz CT molecular complexity index is 1010. The second kappa shape index (κ2) is 7.66. The zero-order valence-electron chi connectivity index (χ0n) is 15.3. The van der Waals surface area contributed by atoms with Gasteiger partial charge in [0, 0.05) is 10.9 Å². The fourth-order valence-electron chi connectivity index (χ4n) is 2.66. The van der Waals surface area contributed by atoms with Crippen molar-refractivity contribution in [3.05, 3.63) is 52.4 Å². The molecule has 0 atom stereocenters. The first-order chi connectivity index (χ1) is 12.7. The maximum absolute atomic E-state index is 12.8. The van der Waals surface area contributed by atoms with E-state index in [0.717, 1.165) is 10.3 Å². The average molecular weight is 402 g/mol. The van der Waals surface area contributed by atoms with Crippen molar-refractivity contribution in [1.29, 1.82) is 0 Å². The van der Waals surface area contributed by atoms with Crippen LogP contribution in [-0.2, 0) is 4.79 Å². The predicted octanol–water partition coefficient (Wildman–Crippen LogP) is 4.26. The van der Waals surface area contributed by atoms with Gasteiger partial charge in [-0.05, 0) is 45.0 Å². The molecule has 5 nitrogen and oxygen atoms in total. The Labute approximate surface area is 166 Å². The summed E-state index contributed by atoms with van der Waals surface area (Å²) < 4.78 is 0.657. The van der Waals surface area contributed by atoms with E-state index in [2.05, 4.69) is 15.6 Å². The fourth-order valence-corrected chi connectivity index (χ4v) is 3.66. The van der Waals surface area contributed by atoms with Gasteiger partial charge in [0.15, 0.2) is 0 Å². The minimum absolute atomic E-state index is 0.0904. The highest BCUT2D eigenvalue weighted by Crippen LogP contribution is 2.32. The van der Waals surface area contributed by atoms with Gasteiger partial charge in [-0.1, -0.05) is 29.8 Å². The van der Waals surface area contributed by atoms with E-state index in [1.807, 2.05) is 51.1 Å². The third-order valence-electron chi connectivity index (χ3n) is 3.71. The monoisotopic (exact) mass is 401 g/mol. The molecule has 0 unspecified atom stereocenters. The number of amides is 2. The van der Waals surface area contributed by atoms with Crippen molar-refractivity contribution in [3.63, 3.8) is 0 Å². The van der Waals surface area contributed by atoms with Crippen LogP contribution in [0.15, 0.2) is 42.5 Å². The summed E-state index contributed by atoms with van der Waals surface area (Å²) in [4.78, 5) is 30.3. The number of fused-ring (bicyclic) bond motifs is 1. The second-order valence-corrected chi connectivity index (χ2v) is 8.87. The molecule has 0 bridgehead atoms. The molecular formula is C20H20ClN3O2S. The number of benzene rings is 1. The van der Waals surface area contributed by atoms with Gasteiger partial charge in [-0.2, -0.15) is 0 Å². The van der Waals surface area contributed by atoms with E-state index < -0.39 is 0 Å². The predicted molar refractivity (Wildman–Crippen MR) is 110 cm³/mol. The molecule has 0 aliphatic carbocycles. The molecule has 0 aliphatic heterocycles. The van der Waals surface area contributed by atoms with E-state index >= 15 is 0 Å². The lowest BCUT2D eigenvalue weighted by atomic mass is 10.1. The number of aromatic nitrogens is 1. The number of hydrogen-bond acceptors (Lipinski definition) is 4. The summed E-state index contributed by atoms with van der Waals surface area (Å²) in [7, 11) is 0. The van der Waals surface area contributed by atoms with Crippen molar-refractivity contribution in [2.75, 3.05) is 6.54 Å². The van der Waals surface area contributed by atoms with Crippen molar-refractivity contribution in [1.82, 2.24) is 15.6 Å². The molecule has 0 saturated heterocycles. The Balaban J connectivity index is 1.90. The number of carbonyl (C=O) groups excluding carboxylic acids is 2. The summed E-state index contributed by atoms with van der Waals surface area (Å²) in [6.45, 7) is 5.58. The van der Waals surface area contributed by atoms with Crippen LogP contribution < -0.4 is 10.6 Å². The highest BCUT2D eigenvalue weighted by Gasteiger charge is 2.17. The standard InChI is InChI=1S/C20H20ClN3O2S/c1-20(2,3)24-18(25)11-22-19(26)13-10-15(16-8-9-17(21)27-16)23-14-7-5-4-6-12(13)14/h4-10H,11H2,1-3H3,(H,22,26)(H,24,25). The molecule has 0 fully saturated rings. The normalized spacial score (nSPS) is 11.4. The van der Waals surface area contributed by atoms with Gasteiger partial charge in [0.25, 0.3) is 5.91 Å². The van der Waals surface area contributed by atoms with Gasteiger partial charge in [0.05, 0.1) is 32.5 Å². The van der Waals surface area contributed by atoms with Gasteiger partial charge >= 0.3 is 0 Å². The summed E-state index contributed by atoms with van der Waals surface area (Å²) >= 11 is 7.44. The largest absolute Gasteiger partial charge is 0.350 e. The summed E-state index contributed by atoms with van der Waals surface area (Å²) in [5.74, 6) is -0.555. The first-order valence-corrected chi connectivity index (χ1v) is 9.67. The van der Waals surface area contributed by atoms with Crippen LogP contribution in [0.5, 0.6) is 0 Å². The molecule has 3 aromatic rings. The number of hydrogen-bond donors (Lipinski definition) is 2. The lowest BCUT2D eigenvalue weighted by molar-refractivity contribution is -0.121. The SMILES string of the molecule is CC(C)(C)NC(=O)CNC(=O)c1cc(-c2ccc(Cl)s2)nc2ccccc12. The molecule has 0 radical (unpaired) electrons. The Morgan fingerprint density at radius 1 is 1.15 bits per heavy atom. The third-order valence-corrected chi connectivity index (χ3v) is 4.96. The van der Waals surface area contributed by atoms with Gasteiger partial charge in [0.2, 0.25) is 5.91 Å². The van der Waals surface area contributed by atoms with Crippen LogP contribution in [0, 0.1) is 0 Å². The van der Waals surface area contributed by atoms with E-state index in [4.69, 9.17) is 11.6 Å². The zero-order valence-corrected chi connectivity index (χ0v) is 16.9. The number of rotatable bonds is 4. The molecule has 2 N–H and O–H groups in total. The van der Waals surface area contributed by atoms with Gasteiger partial charge in [0.1, 0.15) is 0 Å². The molecule has 27 heavy (non-hydrogen) atoms. The third kappa shape index (κ3) is 4.84. The average Bonchev–Trinajstić information content (AvgIpc) is 3.03. The first-order valence-electron chi connectivity index (χ1n) is 8.48. The van der Waals surface area contributed by atoms with Crippen molar-refractivity contribution in [3.8, 4) is 10.6 Å². The number of nitrogens with zero attached hydrogens (tertiary/aromatic N) is 1. The maximum atomic E-state index is 12.8. The fraction of sp³-hybridized carbons (Fsp3) is 0.250. The molecule has 0 aliphatic rings.